The third-order valence-corrected chi connectivity index (χ3v) is 3.87. The van der Waals surface area contributed by atoms with Gasteiger partial charge in [0.2, 0.25) is 0 Å². The van der Waals surface area contributed by atoms with Crippen molar-refractivity contribution >= 4 is 6.09 Å². The summed E-state index contributed by atoms with van der Waals surface area (Å²) in [5.41, 5.74) is 10.1. The highest BCUT2D eigenvalue weighted by Crippen LogP contribution is 2.24. The number of alkyl carbamates (subject to hydrolysis) is 1. The van der Waals surface area contributed by atoms with Crippen LogP contribution in [0.25, 0.3) is 11.1 Å². The summed E-state index contributed by atoms with van der Waals surface area (Å²) in [6.45, 7) is 7.99. The molecule has 2 aromatic carbocycles. The summed E-state index contributed by atoms with van der Waals surface area (Å²) in [5.74, 6) is 0. The maximum absolute atomic E-state index is 12.0. The number of carbonyl (C=O) groups excluding carboxylic acids is 1. The molecule has 0 aliphatic carbocycles. The molecule has 4 nitrogen and oxygen atoms in total. The van der Waals surface area contributed by atoms with Crippen LogP contribution in [-0.4, -0.2) is 24.3 Å². The summed E-state index contributed by atoms with van der Waals surface area (Å²) in [4.78, 5) is 12.0. The van der Waals surface area contributed by atoms with E-state index in [1.165, 1.54) is 16.7 Å². The largest absolute Gasteiger partial charge is 0.444 e. The number of amides is 1. The Morgan fingerprint density at radius 3 is 2.52 bits per heavy atom. The molecular formula is C21H28N2O2. The maximum atomic E-state index is 12.0. The second-order valence-corrected chi connectivity index (χ2v) is 7.30. The SMILES string of the molecule is Cc1ccccc1-c1cccc(CC(CN)NC(=O)OC(C)(C)C)c1. The van der Waals surface area contributed by atoms with Gasteiger partial charge >= 0.3 is 6.09 Å². The van der Waals surface area contributed by atoms with Crippen molar-refractivity contribution in [3.8, 4) is 11.1 Å². The van der Waals surface area contributed by atoms with Gasteiger partial charge in [-0.3, -0.25) is 0 Å². The Hall–Kier alpha value is -2.33. The molecule has 2 aromatic rings. The number of nitrogens with one attached hydrogen (secondary N) is 1. The van der Waals surface area contributed by atoms with E-state index in [1.54, 1.807) is 0 Å². The number of benzene rings is 2. The average Bonchev–Trinajstić information content (AvgIpc) is 2.53. The van der Waals surface area contributed by atoms with Crippen LogP contribution in [0.3, 0.4) is 0 Å². The molecule has 25 heavy (non-hydrogen) atoms. The van der Waals surface area contributed by atoms with E-state index in [0.29, 0.717) is 13.0 Å². The third kappa shape index (κ3) is 5.91. The van der Waals surface area contributed by atoms with E-state index in [0.717, 1.165) is 5.56 Å². The van der Waals surface area contributed by atoms with E-state index >= 15 is 0 Å². The zero-order chi connectivity index (χ0) is 18.4. The van der Waals surface area contributed by atoms with Crippen molar-refractivity contribution in [2.24, 2.45) is 5.73 Å². The van der Waals surface area contributed by atoms with Crippen molar-refractivity contribution in [1.29, 1.82) is 0 Å². The highest BCUT2D eigenvalue weighted by Gasteiger charge is 2.19. The lowest BCUT2D eigenvalue weighted by atomic mass is 9.97. The van der Waals surface area contributed by atoms with Crippen molar-refractivity contribution in [2.45, 2.75) is 45.8 Å². The molecule has 1 unspecified atom stereocenters. The monoisotopic (exact) mass is 340 g/mol. The normalized spacial score (nSPS) is 12.5. The predicted molar refractivity (Wildman–Crippen MR) is 103 cm³/mol. The molecule has 2 rings (SSSR count). The molecule has 0 spiro atoms. The number of carbonyl (C=O) groups is 1. The van der Waals surface area contributed by atoms with Gasteiger partial charge in [-0.05, 0) is 56.4 Å². The lowest BCUT2D eigenvalue weighted by molar-refractivity contribution is 0.0506. The topological polar surface area (TPSA) is 64.3 Å². The van der Waals surface area contributed by atoms with Gasteiger partial charge < -0.3 is 15.8 Å². The fraction of sp³-hybridized carbons (Fsp3) is 0.381. The van der Waals surface area contributed by atoms with Gasteiger partial charge in [0.05, 0.1) is 0 Å². The number of rotatable bonds is 5. The molecule has 134 valence electrons. The maximum Gasteiger partial charge on any atom is 0.407 e. The summed E-state index contributed by atoms with van der Waals surface area (Å²) in [6, 6.07) is 16.5. The minimum Gasteiger partial charge on any atom is -0.444 e. The summed E-state index contributed by atoms with van der Waals surface area (Å²) >= 11 is 0. The van der Waals surface area contributed by atoms with Gasteiger partial charge in [-0.1, -0.05) is 48.5 Å². The van der Waals surface area contributed by atoms with Gasteiger partial charge in [0.25, 0.3) is 0 Å². The third-order valence-electron chi connectivity index (χ3n) is 3.87. The molecule has 4 heteroatoms. The van der Waals surface area contributed by atoms with E-state index in [9.17, 15) is 4.79 Å². The summed E-state index contributed by atoms with van der Waals surface area (Å²) in [5, 5.41) is 2.86. The molecule has 0 radical (unpaired) electrons. The van der Waals surface area contributed by atoms with Crippen LogP contribution in [0, 0.1) is 6.92 Å². The average molecular weight is 340 g/mol. The smallest absolute Gasteiger partial charge is 0.407 e. The Kier molecular flexibility index (Phi) is 6.21. The summed E-state index contributed by atoms with van der Waals surface area (Å²) in [7, 11) is 0. The first kappa shape index (κ1) is 19.0. The van der Waals surface area contributed by atoms with Gasteiger partial charge in [-0.2, -0.15) is 0 Å². The predicted octanol–water partition coefficient (Wildman–Crippen LogP) is 4.06. The molecule has 3 N–H and O–H groups in total. The molecule has 0 bridgehead atoms. The molecule has 0 saturated heterocycles. The number of ether oxygens (including phenoxy) is 1. The standard InChI is InChI=1S/C21H28N2O2/c1-15-8-5-6-11-19(15)17-10-7-9-16(12-17)13-18(14-22)23-20(24)25-21(2,3)4/h5-12,18H,13-14,22H2,1-4H3,(H,23,24). The first-order valence-electron chi connectivity index (χ1n) is 8.63. The molecule has 1 amide bonds. The summed E-state index contributed by atoms with van der Waals surface area (Å²) in [6.07, 6.45) is 0.230. The Labute approximate surface area is 150 Å². The second-order valence-electron chi connectivity index (χ2n) is 7.30. The molecule has 0 aliphatic heterocycles. The molecule has 0 fully saturated rings. The fourth-order valence-electron chi connectivity index (χ4n) is 2.71. The highest BCUT2D eigenvalue weighted by atomic mass is 16.6. The zero-order valence-electron chi connectivity index (χ0n) is 15.5. The van der Waals surface area contributed by atoms with E-state index < -0.39 is 11.7 Å². The summed E-state index contributed by atoms with van der Waals surface area (Å²) < 4.78 is 5.31. The lowest BCUT2D eigenvalue weighted by Crippen LogP contribution is -2.44. The van der Waals surface area contributed by atoms with Gasteiger partial charge in [-0.25, -0.2) is 4.79 Å². The van der Waals surface area contributed by atoms with Crippen LogP contribution in [-0.2, 0) is 11.2 Å². The van der Waals surface area contributed by atoms with Crippen LogP contribution in [0.1, 0.15) is 31.9 Å². The Bertz CT molecular complexity index is 720. The molecule has 0 aliphatic rings. The van der Waals surface area contributed by atoms with Gasteiger partial charge in [0.1, 0.15) is 5.60 Å². The van der Waals surface area contributed by atoms with Crippen molar-refractivity contribution in [3.05, 3.63) is 59.7 Å². The minimum atomic E-state index is -0.520. The molecule has 1 atom stereocenters. The molecule has 0 aromatic heterocycles. The Morgan fingerprint density at radius 1 is 1.16 bits per heavy atom. The number of nitrogens with two attached hydrogens (primary N) is 1. The molecule has 0 saturated carbocycles. The number of hydrogen-bond donors (Lipinski definition) is 2. The highest BCUT2D eigenvalue weighted by molar-refractivity contribution is 5.69. The Balaban J connectivity index is 2.10. The van der Waals surface area contributed by atoms with Crippen LogP contribution in [0.4, 0.5) is 4.79 Å². The van der Waals surface area contributed by atoms with Crippen molar-refractivity contribution in [2.75, 3.05) is 6.54 Å². The number of hydrogen-bond acceptors (Lipinski definition) is 3. The quantitative estimate of drug-likeness (QED) is 0.863. The zero-order valence-corrected chi connectivity index (χ0v) is 15.5. The van der Waals surface area contributed by atoms with Gasteiger partial charge in [0.15, 0.2) is 0 Å². The van der Waals surface area contributed by atoms with Crippen molar-refractivity contribution < 1.29 is 9.53 Å². The molecular weight excluding hydrogens is 312 g/mol. The first-order valence-corrected chi connectivity index (χ1v) is 8.63. The van der Waals surface area contributed by atoms with Crippen molar-refractivity contribution in [3.63, 3.8) is 0 Å². The van der Waals surface area contributed by atoms with Gasteiger partial charge in [-0.15, -0.1) is 0 Å². The van der Waals surface area contributed by atoms with E-state index in [1.807, 2.05) is 39.0 Å². The van der Waals surface area contributed by atoms with E-state index in [-0.39, 0.29) is 6.04 Å². The van der Waals surface area contributed by atoms with Crippen LogP contribution in [0.5, 0.6) is 0 Å². The minimum absolute atomic E-state index is 0.165. The number of aryl methyl sites for hydroxylation is 1. The fourth-order valence-corrected chi connectivity index (χ4v) is 2.71. The van der Waals surface area contributed by atoms with Crippen LogP contribution < -0.4 is 11.1 Å². The van der Waals surface area contributed by atoms with E-state index in [4.69, 9.17) is 10.5 Å². The van der Waals surface area contributed by atoms with Crippen LogP contribution in [0.15, 0.2) is 48.5 Å². The molecule has 0 heterocycles. The second kappa shape index (κ2) is 8.17. The Morgan fingerprint density at radius 2 is 1.88 bits per heavy atom. The first-order chi connectivity index (χ1) is 11.8. The lowest BCUT2D eigenvalue weighted by Gasteiger charge is -2.23. The van der Waals surface area contributed by atoms with Gasteiger partial charge in [0, 0.05) is 12.6 Å². The van der Waals surface area contributed by atoms with Crippen LogP contribution >= 0.6 is 0 Å². The van der Waals surface area contributed by atoms with E-state index in [2.05, 4.69) is 42.6 Å². The van der Waals surface area contributed by atoms with Crippen molar-refractivity contribution in [1.82, 2.24) is 5.32 Å². The van der Waals surface area contributed by atoms with Crippen LogP contribution in [0.2, 0.25) is 0 Å².